The Kier molecular flexibility index (Phi) is 11.0. The van der Waals surface area contributed by atoms with Crippen LogP contribution in [0.2, 0.25) is 0 Å². The van der Waals surface area contributed by atoms with E-state index < -0.39 is 18.1 Å². The van der Waals surface area contributed by atoms with E-state index in [-0.39, 0.29) is 29.4 Å². The number of amides is 3. The molecule has 0 fully saturated rings. The number of phenols is 1. The van der Waals surface area contributed by atoms with Crippen molar-refractivity contribution in [3.63, 3.8) is 0 Å². The van der Waals surface area contributed by atoms with Crippen molar-refractivity contribution in [2.45, 2.75) is 64.6 Å². The Morgan fingerprint density at radius 2 is 1.66 bits per heavy atom. The number of hydrogen-bond acceptors (Lipinski definition) is 6. The maximum Gasteiger partial charge on any atom is 0.243 e. The number of carbonyl (C=O) groups is 3. The molecule has 0 aromatic heterocycles. The van der Waals surface area contributed by atoms with Crippen LogP contribution in [0.5, 0.6) is 11.5 Å². The van der Waals surface area contributed by atoms with Crippen molar-refractivity contribution in [2.24, 2.45) is 5.92 Å². The standard InChI is InChI=1S/C29H40N4O5/c1-4-7-23-27(35)31-15-14-21-8-5-6-9-25(21)38-17-16-30-24(18-20-10-12-22(34)13-11-20)28(36)33-26(19(2)3)29(37)32-23/h5-6,8-13,19,23-24,26,30,34H,4,7,14-18H2,1-3H3,(H,31,35)(H,32,37)(H,33,36)/t23-,24+,26+/m0/s1. The first-order chi connectivity index (χ1) is 18.3. The minimum Gasteiger partial charge on any atom is -0.508 e. The normalized spacial score (nSPS) is 21.9. The van der Waals surface area contributed by atoms with Gasteiger partial charge >= 0.3 is 0 Å². The van der Waals surface area contributed by atoms with E-state index in [4.69, 9.17) is 4.74 Å². The molecule has 9 heteroatoms. The molecule has 206 valence electrons. The van der Waals surface area contributed by atoms with Crippen molar-refractivity contribution < 1.29 is 24.2 Å². The largest absolute Gasteiger partial charge is 0.508 e. The lowest BCUT2D eigenvalue weighted by Gasteiger charge is -2.27. The number of benzene rings is 2. The van der Waals surface area contributed by atoms with Crippen LogP contribution in [-0.2, 0) is 27.2 Å². The zero-order valence-corrected chi connectivity index (χ0v) is 22.5. The highest BCUT2D eigenvalue weighted by molar-refractivity contribution is 5.93. The lowest BCUT2D eigenvalue weighted by molar-refractivity contribution is -0.133. The molecule has 5 N–H and O–H groups in total. The van der Waals surface area contributed by atoms with Crippen molar-refractivity contribution in [3.8, 4) is 11.5 Å². The number of fused-ring (bicyclic) bond motifs is 1. The molecule has 0 aliphatic carbocycles. The summed E-state index contributed by atoms with van der Waals surface area (Å²) in [6.07, 6.45) is 2.14. The Bertz CT molecular complexity index is 1070. The van der Waals surface area contributed by atoms with E-state index in [0.29, 0.717) is 45.4 Å². The Hall–Kier alpha value is -3.59. The minimum atomic E-state index is -0.810. The fourth-order valence-electron chi connectivity index (χ4n) is 4.42. The van der Waals surface area contributed by atoms with Crippen LogP contribution in [-0.4, -0.2) is 60.6 Å². The van der Waals surface area contributed by atoms with Crippen LogP contribution >= 0.6 is 0 Å². The van der Waals surface area contributed by atoms with Gasteiger partial charge in [0.05, 0.1) is 6.04 Å². The van der Waals surface area contributed by atoms with Gasteiger partial charge in [-0.15, -0.1) is 0 Å². The molecule has 3 amide bonds. The third-order valence-corrected chi connectivity index (χ3v) is 6.57. The van der Waals surface area contributed by atoms with Crippen LogP contribution in [0.4, 0.5) is 0 Å². The number of ether oxygens (including phenoxy) is 1. The predicted molar refractivity (Wildman–Crippen MR) is 146 cm³/mol. The molecule has 2 aromatic rings. The van der Waals surface area contributed by atoms with Crippen molar-refractivity contribution in [2.75, 3.05) is 19.7 Å². The Morgan fingerprint density at radius 1 is 0.921 bits per heavy atom. The molecule has 2 aromatic carbocycles. The second-order valence-electron chi connectivity index (χ2n) is 9.95. The lowest BCUT2D eigenvalue weighted by atomic mass is 10.00. The van der Waals surface area contributed by atoms with E-state index in [2.05, 4.69) is 21.3 Å². The van der Waals surface area contributed by atoms with Crippen molar-refractivity contribution >= 4 is 17.7 Å². The van der Waals surface area contributed by atoms with Gasteiger partial charge in [0.25, 0.3) is 0 Å². The fourth-order valence-corrected chi connectivity index (χ4v) is 4.42. The molecule has 0 spiro atoms. The first kappa shape index (κ1) is 29.0. The SMILES string of the molecule is CCC[C@@H]1NC(=O)[C@@H](C(C)C)NC(=O)[C@@H](Cc2ccc(O)cc2)NCCOc2ccccc2CCNC1=O. The third-order valence-electron chi connectivity index (χ3n) is 6.57. The second-order valence-corrected chi connectivity index (χ2v) is 9.95. The summed E-state index contributed by atoms with van der Waals surface area (Å²) in [5.41, 5.74) is 1.82. The number of phenolic OH excluding ortho intramolecular Hbond substituents is 1. The molecule has 1 aliphatic heterocycles. The highest BCUT2D eigenvalue weighted by Gasteiger charge is 2.30. The first-order valence-corrected chi connectivity index (χ1v) is 13.4. The van der Waals surface area contributed by atoms with E-state index in [9.17, 15) is 19.5 Å². The van der Waals surface area contributed by atoms with Gasteiger partial charge in [-0.3, -0.25) is 14.4 Å². The summed E-state index contributed by atoms with van der Waals surface area (Å²) in [5, 5.41) is 21.6. The Labute approximate surface area is 224 Å². The lowest BCUT2D eigenvalue weighted by Crippen LogP contribution is -2.58. The maximum atomic E-state index is 13.4. The number of hydrogen-bond donors (Lipinski definition) is 5. The smallest absolute Gasteiger partial charge is 0.243 e. The van der Waals surface area contributed by atoms with Crippen LogP contribution in [0.25, 0.3) is 0 Å². The van der Waals surface area contributed by atoms with Gasteiger partial charge in [0.15, 0.2) is 0 Å². The van der Waals surface area contributed by atoms with Crippen molar-refractivity contribution in [3.05, 3.63) is 59.7 Å². The number of nitrogens with one attached hydrogen (secondary N) is 4. The highest BCUT2D eigenvalue weighted by Crippen LogP contribution is 2.18. The van der Waals surface area contributed by atoms with Crippen LogP contribution in [0.15, 0.2) is 48.5 Å². The van der Waals surface area contributed by atoms with Crippen LogP contribution in [0, 0.1) is 5.92 Å². The van der Waals surface area contributed by atoms with E-state index in [0.717, 1.165) is 16.9 Å². The van der Waals surface area contributed by atoms with E-state index in [1.807, 2.05) is 45.0 Å². The Balaban J connectivity index is 1.86. The molecular weight excluding hydrogens is 484 g/mol. The Morgan fingerprint density at radius 3 is 2.37 bits per heavy atom. The third kappa shape index (κ3) is 8.48. The summed E-state index contributed by atoms with van der Waals surface area (Å²) in [5.74, 6) is -0.279. The molecule has 0 unspecified atom stereocenters. The van der Waals surface area contributed by atoms with Crippen LogP contribution in [0.1, 0.15) is 44.7 Å². The molecule has 0 saturated heterocycles. The van der Waals surface area contributed by atoms with E-state index in [1.54, 1.807) is 24.3 Å². The minimum absolute atomic E-state index is 0.148. The predicted octanol–water partition coefficient (Wildman–Crippen LogP) is 2.07. The molecule has 0 radical (unpaired) electrons. The number of aromatic hydroxyl groups is 1. The molecule has 3 rings (SSSR count). The van der Waals surface area contributed by atoms with Gasteiger partial charge in [-0.25, -0.2) is 0 Å². The van der Waals surface area contributed by atoms with Gasteiger partial charge in [-0.2, -0.15) is 0 Å². The molecule has 3 atom stereocenters. The number of rotatable bonds is 5. The summed E-state index contributed by atoms with van der Waals surface area (Å²) < 4.78 is 6.02. The molecule has 38 heavy (non-hydrogen) atoms. The summed E-state index contributed by atoms with van der Waals surface area (Å²) in [6.45, 7) is 6.81. The zero-order valence-electron chi connectivity index (χ0n) is 22.5. The van der Waals surface area contributed by atoms with Crippen molar-refractivity contribution in [1.29, 1.82) is 0 Å². The number of carbonyl (C=O) groups excluding carboxylic acids is 3. The van der Waals surface area contributed by atoms with Gasteiger partial charge in [-0.1, -0.05) is 57.5 Å². The average molecular weight is 525 g/mol. The maximum absolute atomic E-state index is 13.4. The van der Waals surface area contributed by atoms with Gasteiger partial charge < -0.3 is 31.1 Å². The van der Waals surface area contributed by atoms with E-state index in [1.165, 1.54) is 0 Å². The summed E-state index contributed by atoms with van der Waals surface area (Å²) in [7, 11) is 0. The summed E-state index contributed by atoms with van der Waals surface area (Å²) in [6, 6.07) is 12.2. The molecule has 1 heterocycles. The quantitative estimate of drug-likeness (QED) is 0.407. The molecule has 0 saturated carbocycles. The second kappa shape index (κ2) is 14.4. The summed E-state index contributed by atoms with van der Waals surface area (Å²) >= 11 is 0. The molecular formula is C29H40N4O5. The molecule has 9 nitrogen and oxygen atoms in total. The van der Waals surface area contributed by atoms with Gasteiger partial charge in [-0.05, 0) is 54.5 Å². The van der Waals surface area contributed by atoms with Crippen molar-refractivity contribution in [1.82, 2.24) is 21.3 Å². The fraction of sp³-hybridized carbons (Fsp3) is 0.483. The summed E-state index contributed by atoms with van der Waals surface area (Å²) in [4.78, 5) is 39.7. The molecule has 1 aliphatic rings. The molecule has 0 bridgehead atoms. The number of para-hydroxylation sites is 1. The first-order valence-electron chi connectivity index (χ1n) is 13.4. The average Bonchev–Trinajstić information content (AvgIpc) is 2.89. The highest BCUT2D eigenvalue weighted by atomic mass is 16.5. The van der Waals surface area contributed by atoms with Gasteiger partial charge in [0.2, 0.25) is 17.7 Å². The van der Waals surface area contributed by atoms with Crippen LogP contribution in [0.3, 0.4) is 0 Å². The van der Waals surface area contributed by atoms with Gasteiger partial charge in [0.1, 0.15) is 30.2 Å². The monoisotopic (exact) mass is 524 g/mol. The topological polar surface area (TPSA) is 129 Å². The van der Waals surface area contributed by atoms with Gasteiger partial charge in [0, 0.05) is 13.1 Å². The zero-order chi connectivity index (χ0) is 27.5. The van der Waals surface area contributed by atoms with E-state index >= 15 is 0 Å². The van der Waals surface area contributed by atoms with Crippen LogP contribution < -0.4 is 26.0 Å².